The molecule has 1 amide bonds. The first-order valence-electron chi connectivity index (χ1n) is 6.54. The molecule has 1 aromatic carbocycles. The van der Waals surface area contributed by atoms with Crippen molar-refractivity contribution in [2.24, 2.45) is 0 Å². The minimum absolute atomic E-state index is 0.347. The highest BCUT2D eigenvalue weighted by atomic mass is 16.6. The average molecular weight is 277 g/mol. The van der Waals surface area contributed by atoms with Crippen LogP contribution in [0.3, 0.4) is 0 Å². The molecule has 20 heavy (non-hydrogen) atoms. The van der Waals surface area contributed by atoms with Crippen molar-refractivity contribution in [3.05, 3.63) is 35.4 Å². The first-order chi connectivity index (χ1) is 9.52. The standard InChI is InChI=1S/C15H19NO4/c1-5-16-12(11-8-6-10(2)7-9-11)15(20-4,13(16)17)14(18)19-3/h6-9,12H,5H2,1-4H3/t12-,15-/m0/s1. The molecule has 5 nitrogen and oxygen atoms in total. The maximum Gasteiger partial charge on any atom is 0.350 e. The van der Waals surface area contributed by atoms with Crippen molar-refractivity contribution in [1.29, 1.82) is 0 Å². The highest BCUT2D eigenvalue weighted by molar-refractivity contribution is 6.12. The molecule has 108 valence electrons. The van der Waals surface area contributed by atoms with E-state index in [1.807, 2.05) is 38.1 Å². The Bertz CT molecular complexity index is 525. The van der Waals surface area contributed by atoms with E-state index in [0.29, 0.717) is 6.54 Å². The fourth-order valence-electron chi connectivity index (χ4n) is 2.72. The van der Waals surface area contributed by atoms with Crippen molar-refractivity contribution in [3.63, 3.8) is 0 Å². The lowest BCUT2D eigenvalue weighted by atomic mass is 9.77. The van der Waals surface area contributed by atoms with Crippen molar-refractivity contribution in [3.8, 4) is 0 Å². The second kappa shape index (κ2) is 5.25. The minimum atomic E-state index is -1.56. The third-order valence-electron chi connectivity index (χ3n) is 3.82. The normalized spacial score (nSPS) is 25.3. The van der Waals surface area contributed by atoms with Crippen LogP contribution in [0.1, 0.15) is 24.1 Å². The molecule has 0 radical (unpaired) electrons. The summed E-state index contributed by atoms with van der Waals surface area (Å²) in [7, 11) is 2.63. The molecular weight excluding hydrogens is 258 g/mol. The summed E-state index contributed by atoms with van der Waals surface area (Å²) >= 11 is 0. The molecule has 0 saturated carbocycles. The summed E-state index contributed by atoms with van der Waals surface area (Å²) in [5.74, 6) is -1.000. The fraction of sp³-hybridized carbons (Fsp3) is 0.467. The van der Waals surface area contributed by atoms with Crippen molar-refractivity contribution >= 4 is 11.9 Å². The Morgan fingerprint density at radius 2 is 1.90 bits per heavy atom. The zero-order valence-electron chi connectivity index (χ0n) is 12.2. The Morgan fingerprint density at radius 1 is 1.30 bits per heavy atom. The van der Waals surface area contributed by atoms with Crippen molar-refractivity contribution in [2.75, 3.05) is 20.8 Å². The van der Waals surface area contributed by atoms with Gasteiger partial charge in [0.25, 0.3) is 11.5 Å². The van der Waals surface area contributed by atoms with E-state index in [-0.39, 0.29) is 5.91 Å². The molecule has 1 aromatic rings. The van der Waals surface area contributed by atoms with E-state index in [0.717, 1.165) is 11.1 Å². The number of methoxy groups -OCH3 is 2. The number of rotatable bonds is 4. The molecule has 0 aromatic heterocycles. The number of ether oxygens (including phenoxy) is 2. The van der Waals surface area contributed by atoms with E-state index >= 15 is 0 Å². The SMILES string of the molecule is CCN1C(=O)[C@](OC)(C(=O)OC)[C@@H]1c1ccc(C)cc1. The van der Waals surface area contributed by atoms with Gasteiger partial charge in [0.1, 0.15) is 6.04 Å². The lowest BCUT2D eigenvalue weighted by molar-refractivity contribution is -0.212. The summed E-state index contributed by atoms with van der Waals surface area (Å²) in [6, 6.07) is 7.27. The summed E-state index contributed by atoms with van der Waals surface area (Å²) in [6.45, 7) is 4.37. The monoisotopic (exact) mass is 277 g/mol. The predicted octanol–water partition coefficient (Wildman–Crippen LogP) is 1.46. The van der Waals surface area contributed by atoms with E-state index in [1.54, 1.807) is 4.90 Å². The van der Waals surface area contributed by atoms with Crippen LogP contribution in [0.25, 0.3) is 0 Å². The molecule has 1 aliphatic heterocycles. The number of amides is 1. The van der Waals surface area contributed by atoms with Crippen LogP contribution in [0.15, 0.2) is 24.3 Å². The Morgan fingerprint density at radius 3 is 2.35 bits per heavy atom. The van der Waals surface area contributed by atoms with Gasteiger partial charge in [-0.2, -0.15) is 0 Å². The summed E-state index contributed by atoms with van der Waals surface area (Å²) in [5.41, 5.74) is 0.424. The molecule has 0 bridgehead atoms. The Hall–Kier alpha value is -1.88. The topological polar surface area (TPSA) is 55.8 Å². The molecule has 2 rings (SSSR count). The van der Waals surface area contributed by atoms with E-state index < -0.39 is 17.6 Å². The largest absolute Gasteiger partial charge is 0.466 e. The van der Waals surface area contributed by atoms with Crippen LogP contribution in [0.5, 0.6) is 0 Å². The van der Waals surface area contributed by atoms with E-state index in [9.17, 15) is 9.59 Å². The van der Waals surface area contributed by atoms with Gasteiger partial charge in [-0.3, -0.25) is 4.79 Å². The molecule has 1 fully saturated rings. The number of nitrogens with zero attached hydrogens (tertiary/aromatic N) is 1. The molecule has 0 aliphatic carbocycles. The van der Waals surface area contributed by atoms with E-state index in [2.05, 4.69) is 0 Å². The van der Waals surface area contributed by atoms with Gasteiger partial charge in [-0.15, -0.1) is 0 Å². The third-order valence-corrected chi connectivity index (χ3v) is 3.82. The number of likely N-dealkylation sites (N-methyl/N-ethyl adjacent to an activating group) is 1. The number of hydrogen-bond acceptors (Lipinski definition) is 4. The fourth-order valence-corrected chi connectivity index (χ4v) is 2.72. The summed E-state index contributed by atoms with van der Waals surface area (Å²) < 4.78 is 10.1. The van der Waals surface area contributed by atoms with Gasteiger partial charge in [-0.05, 0) is 19.4 Å². The second-order valence-corrected chi connectivity index (χ2v) is 4.84. The number of carbonyl (C=O) groups excluding carboxylic acids is 2. The summed E-state index contributed by atoms with van der Waals surface area (Å²) in [6.07, 6.45) is 0. The van der Waals surface area contributed by atoms with Crippen molar-refractivity contribution < 1.29 is 19.1 Å². The van der Waals surface area contributed by atoms with Crippen LogP contribution in [0, 0.1) is 6.92 Å². The summed E-state index contributed by atoms with van der Waals surface area (Å²) in [4.78, 5) is 26.0. The molecule has 0 N–H and O–H groups in total. The summed E-state index contributed by atoms with van der Waals surface area (Å²) in [5, 5.41) is 0. The van der Waals surface area contributed by atoms with E-state index in [4.69, 9.17) is 9.47 Å². The van der Waals surface area contributed by atoms with Gasteiger partial charge in [0, 0.05) is 13.7 Å². The van der Waals surface area contributed by atoms with Crippen LogP contribution in [0.2, 0.25) is 0 Å². The Balaban J connectivity index is 2.47. The van der Waals surface area contributed by atoms with Crippen LogP contribution < -0.4 is 0 Å². The predicted molar refractivity (Wildman–Crippen MR) is 73.1 cm³/mol. The van der Waals surface area contributed by atoms with Crippen molar-refractivity contribution in [2.45, 2.75) is 25.5 Å². The molecule has 2 atom stereocenters. The number of likely N-dealkylation sites (tertiary alicyclic amines) is 1. The number of benzene rings is 1. The van der Waals surface area contributed by atoms with Gasteiger partial charge < -0.3 is 14.4 Å². The molecule has 0 spiro atoms. The zero-order chi connectivity index (χ0) is 14.9. The Labute approximate surface area is 118 Å². The Kier molecular flexibility index (Phi) is 3.81. The molecule has 5 heteroatoms. The molecule has 1 heterocycles. The van der Waals surface area contributed by atoms with Gasteiger partial charge in [0.2, 0.25) is 0 Å². The first kappa shape index (κ1) is 14.5. The lowest BCUT2D eigenvalue weighted by Gasteiger charge is -2.52. The average Bonchev–Trinajstić information content (AvgIpc) is 2.47. The molecule has 0 unspecified atom stereocenters. The van der Waals surface area contributed by atoms with Crippen LogP contribution in [-0.2, 0) is 19.1 Å². The van der Waals surface area contributed by atoms with Crippen LogP contribution in [0.4, 0.5) is 0 Å². The quantitative estimate of drug-likeness (QED) is 0.475. The lowest BCUT2D eigenvalue weighted by Crippen LogP contribution is -2.73. The van der Waals surface area contributed by atoms with Gasteiger partial charge in [0.15, 0.2) is 0 Å². The molecular formula is C15H19NO4. The third kappa shape index (κ3) is 1.81. The van der Waals surface area contributed by atoms with E-state index in [1.165, 1.54) is 14.2 Å². The van der Waals surface area contributed by atoms with Crippen LogP contribution >= 0.6 is 0 Å². The maximum absolute atomic E-state index is 12.3. The minimum Gasteiger partial charge on any atom is -0.466 e. The highest BCUT2D eigenvalue weighted by Gasteiger charge is 2.67. The number of hydrogen-bond donors (Lipinski definition) is 0. The smallest absolute Gasteiger partial charge is 0.350 e. The van der Waals surface area contributed by atoms with Gasteiger partial charge in [0.05, 0.1) is 7.11 Å². The zero-order valence-corrected chi connectivity index (χ0v) is 12.2. The second-order valence-electron chi connectivity index (χ2n) is 4.84. The number of aryl methyl sites for hydroxylation is 1. The number of β-lactam (4-membered cyclic amide) rings is 1. The van der Waals surface area contributed by atoms with Crippen molar-refractivity contribution in [1.82, 2.24) is 4.90 Å². The van der Waals surface area contributed by atoms with Gasteiger partial charge in [-0.1, -0.05) is 29.8 Å². The molecule has 1 saturated heterocycles. The number of carbonyl (C=O) groups is 2. The van der Waals surface area contributed by atoms with Crippen LogP contribution in [-0.4, -0.2) is 43.1 Å². The maximum atomic E-state index is 12.3. The number of esters is 1. The van der Waals surface area contributed by atoms with Gasteiger partial charge >= 0.3 is 5.97 Å². The molecule has 1 aliphatic rings. The van der Waals surface area contributed by atoms with Gasteiger partial charge in [-0.25, -0.2) is 4.79 Å². The highest BCUT2D eigenvalue weighted by Crippen LogP contribution is 2.46. The first-order valence-corrected chi connectivity index (χ1v) is 6.54.